The van der Waals surface area contributed by atoms with Gasteiger partial charge in [0.25, 0.3) is 0 Å². The van der Waals surface area contributed by atoms with Crippen molar-refractivity contribution < 1.29 is 28.6 Å². The van der Waals surface area contributed by atoms with Crippen LogP contribution >= 0.6 is 0 Å². The summed E-state index contributed by atoms with van der Waals surface area (Å²) in [6.45, 7) is 6.69. The zero-order valence-corrected chi connectivity index (χ0v) is 56.2. The maximum Gasteiger partial charge on any atom is 0.306 e. The summed E-state index contributed by atoms with van der Waals surface area (Å²) in [5.74, 6) is -0.853. The second-order valence-electron chi connectivity index (χ2n) is 25.6. The molecule has 0 aromatic carbocycles. The van der Waals surface area contributed by atoms with Gasteiger partial charge >= 0.3 is 17.9 Å². The number of rotatable bonds is 70. The number of carbonyl (C=O) groups excluding carboxylic acids is 3. The van der Waals surface area contributed by atoms with E-state index in [1.54, 1.807) is 0 Å². The summed E-state index contributed by atoms with van der Waals surface area (Å²) in [6.07, 6.45) is 90.5. The van der Waals surface area contributed by atoms with Gasteiger partial charge in [0, 0.05) is 19.3 Å². The Hall–Kier alpha value is -2.37. The van der Waals surface area contributed by atoms with Crippen LogP contribution in [0.5, 0.6) is 0 Å². The lowest BCUT2D eigenvalue weighted by Gasteiger charge is -2.18. The maximum absolute atomic E-state index is 13.0. The molecule has 0 fully saturated rings. The fraction of sp³-hybridized carbons (Fsp3) is 0.883. The molecule has 0 aliphatic heterocycles. The predicted octanol–water partition coefficient (Wildman–Crippen LogP) is 25.9. The Morgan fingerprint density at radius 3 is 0.614 bits per heavy atom. The molecule has 0 bridgehead atoms. The molecular formula is C77H144O6. The molecule has 0 aromatic rings. The lowest BCUT2D eigenvalue weighted by molar-refractivity contribution is -0.167. The molecule has 0 radical (unpaired) electrons. The number of carbonyl (C=O) groups is 3. The molecule has 0 heterocycles. The molecule has 0 spiro atoms. The number of allylic oxidation sites excluding steroid dienone is 6. The van der Waals surface area contributed by atoms with Crippen LogP contribution in [0.2, 0.25) is 0 Å². The van der Waals surface area contributed by atoms with E-state index in [-0.39, 0.29) is 31.1 Å². The van der Waals surface area contributed by atoms with Gasteiger partial charge in [-0.25, -0.2) is 0 Å². The summed E-state index contributed by atoms with van der Waals surface area (Å²) in [4.78, 5) is 38.4. The molecular weight excluding hydrogens is 1020 g/mol. The van der Waals surface area contributed by atoms with E-state index in [1.165, 1.54) is 315 Å². The van der Waals surface area contributed by atoms with E-state index in [0.29, 0.717) is 19.3 Å². The Morgan fingerprint density at radius 2 is 0.398 bits per heavy atom. The van der Waals surface area contributed by atoms with Gasteiger partial charge in [0.05, 0.1) is 0 Å². The second-order valence-corrected chi connectivity index (χ2v) is 25.6. The van der Waals surface area contributed by atoms with E-state index in [4.69, 9.17) is 14.2 Å². The monoisotopic (exact) mass is 1170 g/mol. The van der Waals surface area contributed by atoms with Crippen LogP contribution in [-0.4, -0.2) is 37.2 Å². The van der Waals surface area contributed by atoms with Gasteiger partial charge in [-0.2, -0.15) is 0 Å². The number of hydrogen-bond donors (Lipinski definition) is 0. The highest BCUT2D eigenvalue weighted by Crippen LogP contribution is 2.19. The van der Waals surface area contributed by atoms with E-state index in [9.17, 15) is 14.4 Å². The van der Waals surface area contributed by atoms with E-state index < -0.39 is 6.10 Å². The number of unbranched alkanes of at least 4 members (excludes halogenated alkanes) is 53. The second kappa shape index (κ2) is 72.1. The SMILES string of the molecule is CCCCCC/C=C\CCCCCCCC(=O)OCC(COC(=O)CCCCCCCCCCCCCCCCCCCCC/C=C\CCCCCCCCCC)OC(=O)CCCCCCCCCCC/C=C\CCCCCCCCCC. The summed E-state index contributed by atoms with van der Waals surface area (Å²) in [7, 11) is 0. The van der Waals surface area contributed by atoms with Crippen molar-refractivity contribution >= 4 is 17.9 Å². The predicted molar refractivity (Wildman–Crippen MR) is 362 cm³/mol. The first-order chi connectivity index (χ1) is 41.0. The molecule has 0 aliphatic rings. The summed E-state index contributed by atoms with van der Waals surface area (Å²) in [6, 6.07) is 0. The van der Waals surface area contributed by atoms with Gasteiger partial charge < -0.3 is 14.2 Å². The lowest BCUT2D eigenvalue weighted by atomic mass is 10.0. The van der Waals surface area contributed by atoms with Crippen LogP contribution in [-0.2, 0) is 28.6 Å². The normalized spacial score (nSPS) is 12.2. The van der Waals surface area contributed by atoms with Crippen LogP contribution < -0.4 is 0 Å². The Morgan fingerprint density at radius 1 is 0.229 bits per heavy atom. The fourth-order valence-electron chi connectivity index (χ4n) is 11.4. The third-order valence-electron chi connectivity index (χ3n) is 17.1. The summed E-state index contributed by atoms with van der Waals surface area (Å²) in [5, 5.41) is 0. The highest BCUT2D eigenvalue weighted by molar-refractivity contribution is 5.71. The van der Waals surface area contributed by atoms with Crippen LogP contribution in [0.15, 0.2) is 36.5 Å². The van der Waals surface area contributed by atoms with Gasteiger partial charge in [-0.05, 0) is 96.3 Å². The molecule has 0 N–H and O–H groups in total. The zero-order valence-electron chi connectivity index (χ0n) is 56.2. The van der Waals surface area contributed by atoms with Gasteiger partial charge in [0.1, 0.15) is 13.2 Å². The average molecular weight is 1170 g/mol. The van der Waals surface area contributed by atoms with Crippen molar-refractivity contribution in [3.05, 3.63) is 36.5 Å². The molecule has 0 aromatic heterocycles. The van der Waals surface area contributed by atoms with Gasteiger partial charge in [-0.15, -0.1) is 0 Å². The van der Waals surface area contributed by atoms with Crippen molar-refractivity contribution in [2.45, 2.75) is 425 Å². The van der Waals surface area contributed by atoms with Crippen LogP contribution in [0, 0.1) is 0 Å². The summed E-state index contributed by atoms with van der Waals surface area (Å²) in [5.41, 5.74) is 0. The molecule has 0 rings (SSSR count). The first-order valence-corrected chi connectivity index (χ1v) is 37.5. The van der Waals surface area contributed by atoms with Crippen LogP contribution in [0.1, 0.15) is 419 Å². The van der Waals surface area contributed by atoms with Gasteiger partial charge in [0.2, 0.25) is 0 Å². The van der Waals surface area contributed by atoms with Crippen molar-refractivity contribution in [1.82, 2.24) is 0 Å². The molecule has 0 saturated carbocycles. The molecule has 0 saturated heterocycles. The molecule has 488 valence electrons. The Bertz CT molecular complexity index is 1380. The van der Waals surface area contributed by atoms with Crippen LogP contribution in [0.25, 0.3) is 0 Å². The largest absolute Gasteiger partial charge is 0.462 e. The molecule has 0 aliphatic carbocycles. The average Bonchev–Trinajstić information content (AvgIpc) is 3.49. The van der Waals surface area contributed by atoms with E-state index in [2.05, 4.69) is 57.2 Å². The van der Waals surface area contributed by atoms with Gasteiger partial charge in [-0.3, -0.25) is 14.4 Å². The number of esters is 3. The highest BCUT2D eigenvalue weighted by atomic mass is 16.6. The maximum atomic E-state index is 13.0. The standard InChI is InChI=1S/C77H144O6/c1-4-7-10-13-16-19-22-25-27-29-31-33-34-35-36-37-38-39-40-41-42-44-45-47-49-52-55-58-61-64-67-70-76(79)82-73-74(72-81-75(78)69-66-63-60-57-54-51-24-21-18-15-12-9-6-3)83-77(80)71-68-65-62-59-56-53-50-48-46-43-32-30-28-26-23-20-17-14-11-8-5-2/h21,24,29-32,74H,4-20,22-23,25-28,33-73H2,1-3H3/b24-21-,31-29-,32-30-. The van der Waals surface area contributed by atoms with Crippen molar-refractivity contribution in [3.8, 4) is 0 Å². The molecule has 6 nitrogen and oxygen atoms in total. The molecule has 1 atom stereocenters. The first-order valence-electron chi connectivity index (χ1n) is 37.5. The smallest absolute Gasteiger partial charge is 0.306 e. The van der Waals surface area contributed by atoms with Crippen molar-refractivity contribution in [2.24, 2.45) is 0 Å². The van der Waals surface area contributed by atoms with Crippen molar-refractivity contribution in [3.63, 3.8) is 0 Å². The molecule has 6 heteroatoms. The van der Waals surface area contributed by atoms with Crippen molar-refractivity contribution in [1.29, 1.82) is 0 Å². The zero-order chi connectivity index (χ0) is 59.9. The van der Waals surface area contributed by atoms with Gasteiger partial charge in [-0.1, -0.05) is 340 Å². The Labute approximate surface area is 518 Å². The van der Waals surface area contributed by atoms with E-state index in [0.717, 1.165) is 64.2 Å². The topological polar surface area (TPSA) is 78.9 Å². The third-order valence-corrected chi connectivity index (χ3v) is 17.1. The van der Waals surface area contributed by atoms with Crippen molar-refractivity contribution in [2.75, 3.05) is 13.2 Å². The number of ether oxygens (including phenoxy) is 3. The van der Waals surface area contributed by atoms with E-state index >= 15 is 0 Å². The molecule has 0 amide bonds. The Balaban J connectivity index is 4.16. The third kappa shape index (κ3) is 70.3. The van der Waals surface area contributed by atoms with Crippen LogP contribution in [0.3, 0.4) is 0 Å². The molecule has 83 heavy (non-hydrogen) atoms. The fourth-order valence-corrected chi connectivity index (χ4v) is 11.4. The Kier molecular flexibility index (Phi) is 70.0. The van der Waals surface area contributed by atoms with E-state index in [1.807, 2.05) is 0 Å². The molecule has 1 unspecified atom stereocenters. The van der Waals surface area contributed by atoms with Gasteiger partial charge in [0.15, 0.2) is 6.10 Å². The minimum atomic E-state index is -0.776. The minimum absolute atomic E-state index is 0.0707. The lowest BCUT2D eigenvalue weighted by Crippen LogP contribution is -2.30. The minimum Gasteiger partial charge on any atom is -0.462 e. The number of hydrogen-bond acceptors (Lipinski definition) is 6. The first kappa shape index (κ1) is 80.6. The summed E-state index contributed by atoms with van der Waals surface area (Å²) < 4.78 is 17.0. The summed E-state index contributed by atoms with van der Waals surface area (Å²) >= 11 is 0. The van der Waals surface area contributed by atoms with Crippen LogP contribution in [0.4, 0.5) is 0 Å². The highest BCUT2D eigenvalue weighted by Gasteiger charge is 2.20. The quantitative estimate of drug-likeness (QED) is 0.0261.